The van der Waals surface area contributed by atoms with Gasteiger partial charge >= 0.3 is 0 Å². The highest BCUT2D eigenvalue weighted by Gasteiger charge is 2.09. The number of hydrogen-bond donors (Lipinski definition) is 1. The van der Waals surface area contributed by atoms with E-state index in [9.17, 15) is 0 Å². The highest BCUT2D eigenvalue weighted by molar-refractivity contribution is 4.63. The molecule has 0 aromatic rings. The molecule has 110 valence electrons. The third-order valence-electron chi connectivity index (χ3n) is 3.64. The van der Waals surface area contributed by atoms with Crippen LogP contribution >= 0.6 is 0 Å². The summed E-state index contributed by atoms with van der Waals surface area (Å²) in [6, 6.07) is 0. The normalized spacial score (nSPS) is 21.3. The number of nitrogens with one attached hydrogen (secondary N) is 1. The first-order valence-electron chi connectivity index (χ1n) is 8.13. The van der Waals surface area contributed by atoms with Gasteiger partial charge in [-0.2, -0.15) is 0 Å². The highest BCUT2D eigenvalue weighted by Crippen LogP contribution is 2.25. The van der Waals surface area contributed by atoms with Gasteiger partial charge in [-0.25, -0.2) is 0 Å². The van der Waals surface area contributed by atoms with Crippen LogP contribution in [0, 0.1) is 5.92 Å². The summed E-state index contributed by atoms with van der Waals surface area (Å²) in [4.78, 5) is 2.33. The molecule has 0 amide bonds. The Morgan fingerprint density at radius 1 is 0.944 bits per heavy atom. The van der Waals surface area contributed by atoms with Gasteiger partial charge in [0.1, 0.15) is 0 Å². The molecule has 1 aliphatic heterocycles. The van der Waals surface area contributed by atoms with Crippen LogP contribution in [0.5, 0.6) is 0 Å². The molecule has 1 saturated heterocycles. The molecule has 1 aliphatic carbocycles. The summed E-state index contributed by atoms with van der Waals surface area (Å²) in [5, 5.41) is 3.27. The highest BCUT2D eigenvalue weighted by atomic mass is 15.2. The van der Waals surface area contributed by atoms with Gasteiger partial charge in [0, 0.05) is 26.2 Å². The Morgan fingerprint density at radius 3 is 1.72 bits per heavy atom. The van der Waals surface area contributed by atoms with Crippen LogP contribution in [0.15, 0.2) is 0 Å². The van der Waals surface area contributed by atoms with Gasteiger partial charge < -0.3 is 10.2 Å². The van der Waals surface area contributed by atoms with Crippen molar-refractivity contribution in [3.63, 3.8) is 0 Å². The summed E-state index contributed by atoms with van der Waals surface area (Å²) in [6.45, 7) is 11.3. The molecule has 2 aliphatic rings. The fourth-order valence-electron chi connectivity index (χ4n) is 2.37. The van der Waals surface area contributed by atoms with E-state index >= 15 is 0 Å². The van der Waals surface area contributed by atoms with Crippen LogP contribution in [0.25, 0.3) is 0 Å². The maximum atomic E-state index is 3.27. The van der Waals surface area contributed by atoms with Crippen LogP contribution in [0.1, 0.15) is 65.7 Å². The summed E-state index contributed by atoms with van der Waals surface area (Å²) in [5.41, 5.74) is 0. The predicted octanol–water partition coefficient (Wildman–Crippen LogP) is 3.91. The van der Waals surface area contributed by atoms with Gasteiger partial charge in [-0.15, -0.1) is 0 Å². The SMILES string of the molecule is CCC.CCC1CCCCC1.CN1CCNCC1. The van der Waals surface area contributed by atoms with Crippen LogP contribution in [0.2, 0.25) is 0 Å². The molecule has 1 heterocycles. The fourth-order valence-corrected chi connectivity index (χ4v) is 2.37. The molecule has 0 atom stereocenters. The van der Waals surface area contributed by atoms with E-state index in [1.165, 1.54) is 58.0 Å². The van der Waals surface area contributed by atoms with Gasteiger partial charge in [0.2, 0.25) is 0 Å². The molecule has 2 nitrogen and oxygen atoms in total. The number of likely N-dealkylation sites (N-methyl/N-ethyl adjacent to an activating group) is 1. The Bertz CT molecular complexity index is 147. The summed E-state index contributed by atoms with van der Waals surface area (Å²) in [6.07, 6.45) is 10.2. The van der Waals surface area contributed by atoms with E-state index in [1.807, 2.05) is 0 Å². The lowest BCUT2D eigenvalue weighted by Gasteiger charge is -2.21. The van der Waals surface area contributed by atoms with Crippen molar-refractivity contribution in [3.05, 3.63) is 0 Å². The maximum absolute atomic E-state index is 3.27. The first-order chi connectivity index (χ1) is 8.74. The summed E-state index contributed by atoms with van der Waals surface area (Å²) in [7, 11) is 2.15. The van der Waals surface area contributed by atoms with E-state index in [-0.39, 0.29) is 0 Å². The summed E-state index contributed by atoms with van der Waals surface area (Å²) < 4.78 is 0. The molecule has 2 rings (SSSR count). The van der Waals surface area contributed by atoms with Crippen LogP contribution in [0.4, 0.5) is 0 Å². The first-order valence-corrected chi connectivity index (χ1v) is 8.13. The van der Waals surface area contributed by atoms with Crippen molar-refractivity contribution in [2.75, 3.05) is 33.2 Å². The van der Waals surface area contributed by atoms with Crippen molar-refractivity contribution in [1.82, 2.24) is 10.2 Å². The van der Waals surface area contributed by atoms with Gasteiger partial charge in [-0.1, -0.05) is 65.7 Å². The number of nitrogens with zero attached hydrogens (tertiary/aromatic N) is 1. The molecule has 0 spiro atoms. The van der Waals surface area contributed by atoms with Crippen molar-refractivity contribution < 1.29 is 0 Å². The number of hydrogen-bond acceptors (Lipinski definition) is 2. The van der Waals surface area contributed by atoms with Crippen LogP contribution in [0.3, 0.4) is 0 Å². The molecule has 18 heavy (non-hydrogen) atoms. The van der Waals surface area contributed by atoms with Crippen LogP contribution in [-0.2, 0) is 0 Å². The van der Waals surface area contributed by atoms with Crippen molar-refractivity contribution in [2.45, 2.75) is 65.7 Å². The molecule has 2 heteroatoms. The monoisotopic (exact) mass is 256 g/mol. The Labute approximate surface area is 116 Å². The quantitative estimate of drug-likeness (QED) is 0.765. The molecule has 1 saturated carbocycles. The minimum Gasteiger partial charge on any atom is -0.314 e. The van der Waals surface area contributed by atoms with Crippen molar-refractivity contribution in [2.24, 2.45) is 5.92 Å². The maximum Gasteiger partial charge on any atom is 0.0104 e. The largest absolute Gasteiger partial charge is 0.314 e. The lowest BCUT2D eigenvalue weighted by molar-refractivity contribution is 0.291. The fraction of sp³-hybridized carbons (Fsp3) is 1.00. The predicted molar refractivity (Wildman–Crippen MR) is 83.2 cm³/mol. The second kappa shape index (κ2) is 13.4. The average Bonchev–Trinajstić information content (AvgIpc) is 2.42. The van der Waals surface area contributed by atoms with Crippen molar-refractivity contribution >= 4 is 0 Å². The summed E-state index contributed by atoms with van der Waals surface area (Å²) in [5.74, 6) is 1.09. The minimum atomic E-state index is 1.09. The lowest BCUT2D eigenvalue weighted by Crippen LogP contribution is -2.40. The van der Waals surface area contributed by atoms with Gasteiger partial charge in [-0.05, 0) is 13.0 Å². The van der Waals surface area contributed by atoms with Gasteiger partial charge in [0.25, 0.3) is 0 Å². The first kappa shape index (κ1) is 17.9. The zero-order chi connectivity index (χ0) is 13.6. The number of rotatable bonds is 1. The molecule has 0 bridgehead atoms. The van der Waals surface area contributed by atoms with Crippen LogP contribution < -0.4 is 5.32 Å². The molecule has 1 N–H and O–H groups in total. The third-order valence-corrected chi connectivity index (χ3v) is 3.64. The second-order valence-electron chi connectivity index (χ2n) is 5.67. The molecular formula is C16H36N2. The third kappa shape index (κ3) is 11.0. The van der Waals surface area contributed by atoms with E-state index in [2.05, 4.69) is 38.0 Å². The van der Waals surface area contributed by atoms with Crippen molar-refractivity contribution in [1.29, 1.82) is 0 Å². The summed E-state index contributed by atoms with van der Waals surface area (Å²) >= 11 is 0. The molecular weight excluding hydrogens is 220 g/mol. The molecule has 0 aromatic carbocycles. The Kier molecular flexibility index (Phi) is 13.3. The van der Waals surface area contributed by atoms with E-state index in [0.29, 0.717) is 0 Å². The van der Waals surface area contributed by atoms with E-state index < -0.39 is 0 Å². The number of piperazine rings is 1. The van der Waals surface area contributed by atoms with Gasteiger partial charge in [0.05, 0.1) is 0 Å². The van der Waals surface area contributed by atoms with Gasteiger partial charge in [0.15, 0.2) is 0 Å². The van der Waals surface area contributed by atoms with Gasteiger partial charge in [-0.3, -0.25) is 0 Å². The van der Waals surface area contributed by atoms with E-state index in [1.54, 1.807) is 0 Å². The zero-order valence-electron chi connectivity index (χ0n) is 13.3. The molecule has 2 fully saturated rings. The average molecular weight is 256 g/mol. The Morgan fingerprint density at radius 2 is 1.44 bits per heavy atom. The second-order valence-corrected chi connectivity index (χ2v) is 5.67. The Balaban J connectivity index is 0.000000267. The Hall–Kier alpha value is -0.0800. The standard InChI is InChI=1S/C8H16.C5H12N2.C3H8/c1-2-8-6-4-3-5-7-8;1-7-4-2-6-3-5-7;1-3-2/h8H,2-7H2,1H3;6H,2-5H2,1H3;3H2,1-2H3. The topological polar surface area (TPSA) is 15.3 Å². The lowest BCUT2D eigenvalue weighted by atomic mass is 9.88. The minimum absolute atomic E-state index is 1.09. The molecule has 0 radical (unpaired) electrons. The van der Waals surface area contributed by atoms with Crippen LogP contribution in [-0.4, -0.2) is 38.1 Å². The van der Waals surface area contributed by atoms with Crippen molar-refractivity contribution in [3.8, 4) is 0 Å². The zero-order valence-corrected chi connectivity index (χ0v) is 13.3. The molecule has 0 aromatic heterocycles. The van der Waals surface area contributed by atoms with E-state index in [0.717, 1.165) is 19.0 Å². The smallest absolute Gasteiger partial charge is 0.0104 e. The van der Waals surface area contributed by atoms with E-state index in [4.69, 9.17) is 0 Å². The molecule has 0 unspecified atom stereocenters.